The largest absolute Gasteiger partial charge is 0.459 e. The number of nitrogens with zero attached hydrogens (tertiary/aromatic N) is 3. The molecule has 2 rings (SSSR count). The predicted molar refractivity (Wildman–Crippen MR) is 97.8 cm³/mol. The Balaban J connectivity index is 2.23. The monoisotopic (exact) mass is 371 g/mol. The van der Waals surface area contributed by atoms with E-state index in [1.165, 1.54) is 36.3 Å². The van der Waals surface area contributed by atoms with Crippen molar-refractivity contribution in [3.8, 4) is 6.07 Å². The van der Waals surface area contributed by atoms with E-state index in [9.17, 15) is 9.59 Å². The minimum atomic E-state index is -0.745. The Morgan fingerprint density at radius 1 is 1.31 bits per heavy atom. The number of amides is 1. The molecule has 0 saturated heterocycles. The average molecular weight is 371 g/mol. The summed E-state index contributed by atoms with van der Waals surface area (Å²) in [5.74, 6) is -0.939. The molecular formula is C18H17N3O4S. The van der Waals surface area contributed by atoms with Crippen LogP contribution in [-0.2, 0) is 19.1 Å². The Morgan fingerprint density at radius 2 is 2.04 bits per heavy atom. The van der Waals surface area contributed by atoms with Gasteiger partial charge in [0.2, 0.25) is 5.91 Å². The van der Waals surface area contributed by atoms with Gasteiger partial charge in [0.05, 0.1) is 18.0 Å². The zero-order chi connectivity index (χ0) is 18.9. The number of anilines is 2. The van der Waals surface area contributed by atoms with E-state index in [0.29, 0.717) is 16.5 Å². The van der Waals surface area contributed by atoms with Gasteiger partial charge in [-0.05, 0) is 18.2 Å². The van der Waals surface area contributed by atoms with Crippen LogP contribution >= 0.6 is 11.3 Å². The summed E-state index contributed by atoms with van der Waals surface area (Å²) >= 11 is 1.23. The molecule has 0 fully saturated rings. The number of methoxy groups -OCH3 is 1. The van der Waals surface area contributed by atoms with Gasteiger partial charge in [-0.15, -0.1) is 11.3 Å². The fraction of sp³-hybridized carbons (Fsp3) is 0.222. The first-order valence-corrected chi connectivity index (χ1v) is 8.54. The van der Waals surface area contributed by atoms with Crippen molar-refractivity contribution in [3.63, 3.8) is 0 Å². The lowest BCUT2D eigenvalue weighted by atomic mass is 10.2. The highest BCUT2D eigenvalue weighted by Gasteiger charge is 2.18. The van der Waals surface area contributed by atoms with Crippen LogP contribution in [0.5, 0.6) is 0 Å². The molecule has 0 aliphatic rings. The van der Waals surface area contributed by atoms with Crippen molar-refractivity contribution in [2.24, 2.45) is 0 Å². The average Bonchev–Trinajstić information content (AvgIpc) is 3.08. The molecule has 26 heavy (non-hydrogen) atoms. The number of thiazole rings is 1. The number of esters is 1. The smallest absolute Gasteiger partial charge is 0.349 e. The minimum Gasteiger partial charge on any atom is -0.459 e. The summed E-state index contributed by atoms with van der Waals surface area (Å²) in [4.78, 5) is 29.7. The quantitative estimate of drug-likeness (QED) is 0.322. The molecule has 0 N–H and O–H groups in total. The van der Waals surface area contributed by atoms with E-state index >= 15 is 0 Å². The first-order valence-electron chi connectivity index (χ1n) is 7.66. The van der Waals surface area contributed by atoms with Gasteiger partial charge in [-0.2, -0.15) is 5.26 Å². The van der Waals surface area contributed by atoms with Crippen molar-refractivity contribution in [2.45, 2.75) is 6.92 Å². The van der Waals surface area contributed by atoms with E-state index in [-0.39, 0.29) is 24.7 Å². The fourth-order valence-electron chi connectivity index (χ4n) is 2.03. The Morgan fingerprint density at radius 3 is 2.65 bits per heavy atom. The number of carbonyl (C=O) groups excluding carboxylic acids is 2. The predicted octanol–water partition coefficient (Wildman–Crippen LogP) is 2.92. The summed E-state index contributed by atoms with van der Waals surface area (Å²) in [7, 11) is 1.49. The normalized spacial score (nSPS) is 10.9. The summed E-state index contributed by atoms with van der Waals surface area (Å²) in [5, 5.41) is 11.3. The zero-order valence-corrected chi connectivity index (χ0v) is 15.2. The van der Waals surface area contributed by atoms with Crippen molar-refractivity contribution in [3.05, 3.63) is 47.0 Å². The molecule has 0 radical (unpaired) electrons. The highest BCUT2D eigenvalue weighted by molar-refractivity contribution is 7.14. The first-order chi connectivity index (χ1) is 12.6. The molecule has 0 aliphatic heterocycles. The summed E-state index contributed by atoms with van der Waals surface area (Å²) in [6.45, 7) is 1.75. The number of para-hydroxylation sites is 1. The fourth-order valence-corrected chi connectivity index (χ4v) is 2.87. The lowest BCUT2D eigenvalue weighted by Crippen LogP contribution is -2.22. The van der Waals surface area contributed by atoms with Gasteiger partial charge in [-0.25, -0.2) is 9.78 Å². The standard InChI is InChI=1S/C18H17N3O4S/c1-13(22)21(16-6-4-3-5-7-16)18-20-15(12-26-18)10-14(11-19)17(23)25-9-8-24-2/h3-7,10,12H,8-9H2,1-2H3/b14-10+. The second-order valence-electron chi connectivity index (χ2n) is 5.04. The van der Waals surface area contributed by atoms with Crippen LogP contribution in [0, 0.1) is 11.3 Å². The summed E-state index contributed by atoms with van der Waals surface area (Å²) in [6, 6.07) is 10.9. The third kappa shape index (κ3) is 4.99. The second kappa shape index (κ2) is 9.46. The SMILES string of the molecule is COCCOC(=O)/C(C#N)=C/c1csc(N(C(C)=O)c2ccccc2)n1. The number of nitriles is 1. The topological polar surface area (TPSA) is 92.5 Å². The summed E-state index contributed by atoms with van der Waals surface area (Å²) < 4.78 is 9.72. The molecule has 0 aliphatic carbocycles. The van der Waals surface area contributed by atoms with Crippen LogP contribution in [0.3, 0.4) is 0 Å². The highest BCUT2D eigenvalue weighted by atomic mass is 32.1. The summed E-state index contributed by atoms with van der Waals surface area (Å²) in [6.07, 6.45) is 1.33. The van der Waals surface area contributed by atoms with Crippen molar-refractivity contribution in [1.82, 2.24) is 4.98 Å². The maximum atomic E-state index is 12.0. The maximum absolute atomic E-state index is 12.0. The molecule has 0 atom stereocenters. The van der Waals surface area contributed by atoms with Crippen molar-refractivity contribution < 1.29 is 19.1 Å². The molecule has 0 spiro atoms. The van der Waals surface area contributed by atoms with E-state index in [4.69, 9.17) is 14.7 Å². The van der Waals surface area contributed by atoms with Crippen molar-refractivity contribution in [2.75, 3.05) is 25.2 Å². The van der Waals surface area contributed by atoms with Gasteiger partial charge in [0.25, 0.3) is 0 Å². The van der Waals surface area contributed by atoms with E-state index in [2.05, 4.69) is 4.98 Å². The third-order valence-corrected chi connectivity index (χ3v) is 4.03. The molecule has 2 aromatic rings. The number of benzene rings is 1. The van der Waals surface area contributed by atoms with E-state index in [0.717, 1.165) is 0 Å². The van der Waals surface area contributed by atoms with Crippen molar-refractivity contribution in [1.29, 1.82) is 5.26 Å². The van der Waals surface area contributed by atoms with E-state index in [1.54, 1.807) is 23.6 Å². The van der Waals surface area contributed by atoms with Gasteiger partial charge in [0, 0.05) is 19.4 Å². The van der Waals surface area contributed by atoms with Crippen molar-refractivity contribution >= 4 is 40.1 Å². The molecule has 8 heteroatoms. The van der Waals surface area contributed by atoms with Crippen LogP contribution in [0.25, 0.3) is 6.08 Å². The zero-order valence-electron chi connectivity index (χ0n) is 14.3. The number of ether oxygens (including phenoxy) is 2. The molecular weight excluding hydrogens is 354 g/mol. The van der Waals surface area contributed by atoms with Crippen LogP contribution in [-0.4, -0.2) is 37.2 Å². The van der Waals surface area contributed by atoms with Gasteiger partial charge < -0.3 is 9.47 Å². The lowest BCUT2D eigenvalue weighted by molar-refractivity contribution is -0.139. The summed E-state index contributed by atoms with van der Waals surface area (Å²) in [5.41, 5.74) is 0.906. The van der Waals surface area contributed by atoms with Crippen LogP contribution in [0.4, 0.5) is 10.8 Å². The Labute approximate surface area is 155 Å². The molecule has 1 aromatic carbocycles. The van der Waals surface area contributed by atoms with E-state index < -0.39 is 5.97 Å². The number of hydrogen-bond donors (Lipinski definition) is 0. The molecule has 0 bridgehead atoms. The Kier molecular flexibility index (Phi) is 7.02. The first kappa shape index (κ1) is 19.3. The highest BCUT2D eigenvalue weighted by Crippen LogP contribution is 2.29. The van der Waals surface area contributed by atoms with Crippen LogP contribution in [0.1, 0.15) is 12.6 Å². The molecule has 134 valence electrons. The van der Waals surface area contributed by atoms with Crippen LogP contribution < -0.4 is 4.90 Å². The second-order valence-corrected chi connectivity index (χ2v) is 5.88. The minimum absolute atomic E-state index is 0.0583. The Bertz CT molecular complexity index is 840. The number of hydrogen-bond acceptors (Lipinski definition) is 7. The van der Waals surface area contributed by atoms with Crippen LogP contribution in [0.2, 0.25) is 0 Å². The number of aromatic nitrogens is 1. The number of rotatable bonds is 7. The maximum Gasteiger partial charge on any atom is 0.349 e. The van der Waals surface area contributed by atoms with E-state index in [1.807, 2.05) is 18.2 Å². The molecule has 1 amide bonds. The Hall–Kier alpha value is -3.02. The van der Waals surface area contributed by atoms with Gasteiger partial charge in [-0.1, -0.05) is 18.2 Å². The molecule has 1 aromatic heterocycles. The third-order valence-electron chi connectivity index (χ3n) is 3.18. The van der Waals surface area contributed by atoms with Gasteiger partial charge >= 0.3 is 5.97 Å². The molecule has 1 heterocycles. The van der Waals surface area contributed by atoms with Gasteiger partial charge in [0.1, 0.15) is 18.2 Å². The lowest BCUT2D eigenvalue weighted by Gasteiger charge is -2.17. The van der Waals surface area contributed by atoms with Gasteiger partial charge in [-0.3, -0.25) is 9.69 Å². The van der Waals surface area contributed by atoms with Crippen LogP contribution in [0.15, 0.2) is 41.3 Å². The molecule has 0 saturated carbocycles. The molecule has 7 nitrogen and oxygen atoms in total. The molecule has 0 unspecified atom stereocenters. The number of carbonyl (C=O) groups is 2. The van der Waals surface area contributed by atoms with Gasteiger partial charge in [0.15, 0.2) is 5.13 Å².